The van der Waals surface area contributed by atoms with E-state index in [0.29, 0.717) is 38.6 Å². The normalized spacial score (nSPS) is 12.9. The number of carbonyl (C=O) groups excluding carboxylic acids is 3. The number of ketones is 1. The van der Waals surface area contributed by atoms with Gasteiger partial charge >= 0.3 is 0 Å². The molecule has 0 spiro atoms. The number of unbranched alkanes of at least 4 members (excludes halogenated alkanes) is 2. The number of carbonyl (C=O) groups is 3. The third-order valence-electron chi connectivity index (χ3n) is 5.06. The fourth-order valence-corrected chi connectivity index (χ4v) is 3.17. The summed E-state index contributed by atoms with van der Waals surface area (Å²) in [5, 5.41) is 5.98. The summed E-state index contributed by atoms with van der Waals surface area (Å²) in [5.41, 5.74) is 6.44. The first kappa shape index (κ1) is 23.8. The van der Waals surface area contributed by atoms with Crippen molar-refractivity contribution >= 4 is 17.6 Å². The van der Waals surface area contributed by atoms with Gasteiger partial charge in [0.1, 0.15) is 5.78 Å². The van der Waals surface area contributed by atoms with Gasteiger partial charge < -0.3 is 16.4 Å². The van der Waals surface area contributed by atoms with Gasteiger partial charge in [0.05, 0.1) is 6.04 Å². The topological polar surface area (TPSA) is 101 Å². The summed E-state index contributed by atoms with van der Waals surface area (Å²) in [4.78, 5) is 35.3. The van der Waals surface area contributed by atoms with Crippen molar-refractivity contribution in [3.05, 3.63) is 35.9 Å². The van der Waals surface area contributed by atoms with Crippen LogP contribution in [-0.2, 0) is 20.8 Å². The molecule has 0 aliphatic rings. The van der Waals surface area contributed by atoms with Crippen LogP contribution in [0, 0.1) is 5.92 Å². The van der Waals surface area contributed by atoms with Gasteiger partial charge in [0, 0.05) is 25.3 Å². The van der Waals surface area contributed by atoms with E-state index in [1.54, 1.807) is 0 Å². The molecule has 0 aromatic heterocycles. The van der Waals surface area contributed by atoms with Gasteiger partial charge in [-0.15, -0.1) is 0 Å². The fourth-order valence-electron chi connectivity index (χ4n) is 3.17. The molecule has 2 atom stereocenters. The third-order valence-corrected chi connectivity index (χ3v) is 5.06. The molecule has 4 N–H and O–H groups in total. The van der Waals surface area contributed by atoms with E-state index >= 15 is 0 Å². The van der Waals surface area contributed by atoms with Gasteiger partial charge in [-0.05, 0) is 44.7 Å². The zero-order valence-electron chi connectivity index (χ0n) is 17.2. The van der Waals surface area contributed by atoms with Crippen molar-refractivity contribution in [2.24, 2.45) is 11.7 Å². The largest absolute Gasteiger partial charge is 0.369 e. The lowest BCUT2D eigenvalue weighted by atomic mass is 9.99. The number of benzene rings is 1. The monoisotopic (exact) mass is 389 g/mol. The van der Waals surface area contributed by atoms with Crippen LogP contribution < -0.4 is 16.4 Å². The summed E-state index contributed by atoms with van der Waals surface area (Å²) in [6.07, 6.45) is 5.29. The Balaban J connectivity index is 2.14. The molecular formula is C22H35N3O3. The van der Waals surface area contributed by atoms with E-state index in [1.807, 2.05) is 44.3 Å². The van der Waals surface area contributed by atoms with Gasteiger partial charge in [-0.3, -0.25) is 14.4 Å². The van der Waals surface area contributed by atoms with Crippen LogP contribution in [0.3, 0.4) is 0 Å². The molecule has 1 aromatic carbocycles. The molecule has 0 saturated heterocycles. The first-order chi connectivity index (χ1) is 13.5. The molecule has 0 saturated carbocycles. The molecule has 0 aliphatic carbocycles. The van der Waals surface area contributed by atoms with Gasteiger partial charge in [0.25, 0.3) is 0 Å². The zero-order valence-corrected chi connectivity index (χ0v) is 17.2. The second-order valence-electron chi connectivity index (χ2n) is 7.20. The average molecular weight is 390 g/mol. The van der Waals surface area contributed by atoms with Crippen LogP contribution in [0.2, 0.25) is 0 Å². The molecule has 0 aliphatic heterocycles. The van der Waals surface area contributed by atoms with Gasteiger partial charge in [0.2, 0.25) is 11.8 Å². The molecule has 156 valence electrons. The Labute approximate surface area is 168 Å². The highest BCUT2D eigenvalue weighted by Crippen LogP contribution is 2.10. The van der Waals surface area contributed by atoms with E-state index < -0.39 is 0 Å². The van der Waals surface area contributed by atoms with Gasteiger partial charge in [0.15, 0.2) is 0 Å². The molecule has 6 nitrogen and oxygen atoms in total. The fraction of sp³-hybridized carbons (Fsp3) is 0.591. The molecule has 2 amide bonds. The number of rotatable bonds is 15. The predicted molar refractivity (Wildman–Crippen MR) is 112 cm³/mol. The molecule has 0 radical (unpaired) electrons. The lowest BCUT2D eigenvalue weighted by molar-refractivity contribution is -0.124. The van der Waals surface area contributed by atoms with Gasteiger partial charge in [-0.25, -0.2) is 0 Å². The van der Waals surface area contributed by atoms with Crippen LogP contribution in [0.1, 0.15) is 57.4 Å². The lowest BCUT2D eigenvalue weighted by Crippen LogP contribution is -2.36. The maximum absolute atomic E-state index is 12.4. The van der Waals surface area contributed by atoms with Gasteiger partial charge in [-0.2, -0.15) is 0 Å². The molecule has 0 heterocycles. The Bertz CT molecular complexity index is 604. The molecule has 28 heavy (non-hydrogen) atoms. The molecule has 0 bridgehead atoms. The second kappa shape index (κ2) is 13.9. The van der Waals surface area contributed by atoms with Crippen LogP contribution in [-0.4, -0.2) is 37.2 Å². The summed E-state index contributed by atoms with van der Waals surface area (Å²) < 4.78 is 0. The Morgan fingerprint density at radius 2 is 1.75 bits per heavy atom. The first-order valence-electron chi connectivity index (χ1n) is 10.3. The Hall–Kier alpha value is -2.21. The number of amides is 2. The molecule has 1 rings (SSSR count). The van der Waals surface area contributed by atoms with E-state index in [4.69, 9.17) is 5.73 Å². The summed E-state index contributed by atoms with van der Waals surface area (Å²) in [6, 6.07) is 9.85. The van der Waals surface area contributed by atoms with E-state index in [0.717, 1.165) is 24.8 Å². The highest BCUT2D eigenvalue weighted by Gasteiger charge is 2.16. The number of primary amides is 1. The van der Waals surface area contributed by atoms with Crippen molar-refractivity contribution in [1.29, 1.82) is 0 Å². The standard InChI is InChI=1S/C22H35N3O3/c1-3-18(22(23)28)13-14-21(27)25-15-9-5-8-12-20(26)19(24-2)16-17-10-6-4-7-11-17/h4,6-7,10-11,18-19,24H,3,5,8-9,12-16H2,1-2H3,(H2,23,28)(H,25,27). The highest BCUT2D eigenvalue weighted by molar-refractivity contribution is 5.84. The van der Waals surface area contributed by atoms with E-state index in [2.05, 4.69) is 10.6 Å². The van der Waals surface area contributed by atoms with Crippen molar-refractivity contribution in [1.82, 2.24) is 10.6 Å². The van der Waals surface area contributed by atoms with Crippen molar-refractivity contribution in [3.8, 4) is 0 Å². The van der Waals surface area contributed by atoms with Crippen molar-refractivity contribution in [3.63, 3.8) is 0 Å². The number of nitrogens with two attached hydrogens (primary N) is 1. The van der Waals surface area contributed by atoms with Crippen LogP contribution in [0.5, 0.6) is 0 Å². The SMILES string of the molecule is CCC(CCC(=O)NCCCCCC(=O)C(Cc1ccccc1)NC)C(N)=O. The predicted octanol–water partition coefficient (Wildman–Crippen LogP) is 2.35. The number of nitrogens with one attached hydrogen (secondary N) is 2. The minimum atomic E-state index is -0.341. The molecule has 2 unspecified atom stereocenters. The van der Waals surface area contributed by atoms with E-state index in [9.17, 15) is 14.4 Å². The van der Waals surface area contributed by atoms with Gasteiger partial charge in [-0.1, -0.05) is 43.7 Å². The van der Waals surface area contributed by atoms with E-state index in [-0.39, 0.29) is 29.6 Å². The first-order valence-corrected chi connectivity index (χ1v) is 10.3. The quantitative estimate of drug-likeness (QED) is 0.401. The highest BCUT2D eigenvalue weighted by atomic mass is 16.2. The maximum Gasteiger partial charge on any atom is 0.220 e. The second-order valence-corrected chi connectivity index (χ2v) is 7.20. The average Bonchev–Trinajstić information content (AvgIpc) is 2.69. The molecular weight excluding hydrogens is 354 g/mol. The Morgan fingerprint density at radius 1 is 1.04 bits per heavy atom. The van der Waals surface area contributed by atoms with Crippen molar-refractivity contribution < 1.29 is 14.4 Å². The van der Waals surface area contributed by atoms with Crippen LogP contribution in [0.4, 0.5) is 0 Å². The maximum atomic E-state index is 12.4. The number of hydrogen-bond acceptors (Lipinski definition) is 4. The minimum absolute atomic E-state index is 0.0473. The third kappa shape index (κ3) is 9.65. The van der Waals surface area contributed by atoms with E-state index in [1.165, 1.54) is 0 Å². The number of Topliss-reactive ketones (excluding diaryl/α,β-unsaturated/α-hetero) is 1. The van der Waals surface area contributed by atoms with Crippen molar-refractivity contribution in [2.45, 2.75) is 64.3 Å². The molecule has 6 heteroatoms. The van der Waals surface area contributed by atoms with Crippen LogP contribution in [0.15, 0.2) is 30.3 Å². The number of hydrogen-bond donors (Lipinski definition) is 3. The van der Waals surface area contributed by atoms with Crippen LogP contribution in [0.25, 0.3) is 0 Å². The summed E-state index contributed by atoms with van der Waals surface area (Å²) in [6.45, 7) is 2.49. The smallest absolute Gasteiger partial charge is 0.220 e. The van der Waals surface area contributed by atoms with Crippen LogP contribution >= 0.6 is 0 Å². The summed E-state index contributed by atoms with van der Waals surface area (Å²) in [5.74, 6) is -0.388. The van der Waals surface area contributed by atoms with Crippen molar-refractivity contribution in [2.75, 3.05) is 13.6 Å². The molecule has 0 fully saturated rings. The number of likely N-dealkylation sites (N-methyl/N-ethyl adjacent to an activating group) is 1. The lowest BCUT2D eigenvalue weighted by Gasteiger charge is -2.15. The summed E-state index contributed by atoms with van der Waals surface area (Å²) >= 11 is 0. The zero-order chi connectivity index (χ0) is 20.8. The Kier molecular flexibility index (Phi) is 11.8. The summed E-state index contributed by atoms with van der Waals surface area (Å²) in [7, 11) is 1.82. The molecule has 1 aromatic rings. The Morgan fingerprint density at radius 3 is 2.36 bits per heavy atom. The minimum Gasteiger partial charge on any atom is -0.369 e.